The molecule has 6 atom stereocenters. The second-order valence-electron chi connectivity index (χ2n) is 14.6. The molecule has 7 amide bonds. The van der Waals surface area contributed by atoms with Crippen molar-refractivity contribution in [2.45, 2.75) is 102 Å². The van der Waals surface area contributed by atoms with E-state index >= 15 is 0 Å². The van der Waals surface area contributed by atoms with Gasteiger partial charge < -0.3 is 52.7 Å². The van der Waals surface area contributed by atoms with Crippen LogP contribution >= 0.6 is 0 Å². The third-order valence-corrected chi connectivity index (χ3v) is 8.94. The van der Waals surface area contributed by atoms with Gasteiger partial charge in [-0.15, -0.1) is 0 Å². The summed E-state index contributed by atoms with van der Waals surface area (Å²) in [6.45, 7) is 4.87. The highest BCUT2D eigenvalue weighted by Gasteiger charge is 2.39. The maximum absolute atomic E-state index is 14.2. The lowest BCUT2D eigenvalue weighted by atomic mass is 10.00. The fourth-order valence-electron chi connectivity index (χ4n) is 5.84. The summed E-state index contributed by atoms with van der Waals surface area (Å²) in [5.74, 6) is -9.93. The number of hydrazine groups is 1. The van der Waals surface area contributed by atoms with Crippen LogP contribution in [0, 0.1) is 5.92 Å². The highest BCUT2D eigenvalue weighted by Crippen LogP contribution is 2.15. The lowest BCUT2D eigenvalue weighted by Gasteiger charge is -2.34. The summed E-state index contributed by atoms with van der Waals surface area (Å²) in [5.41, 5.74) is 8.43. The van der Waals surface area contributed by atoms with E-state index < -0.39 is 110 Å². The molecule has 12 N–H and O–H groups in total. The number of aliphatic carboxylic acids is 2. The average molecular weight is 857 g/mol. The maximum Gasteiger partial charge on any atom is 0.328 e. The molecule has 0 fully saturated rings. The predicted octanol–water partition coefficient (Wildman–Crippen LogP) is -1.79. The summed E-state index contributed by atoms with van der Waals surface area (Å²) in [6.07, 6.45) is -0.530. The lowest BCUT2D eigenvalue weighted by molar-refractivity contribution is -0.160. The molecule has 0 heterocycles. The molecule has 21 heteroatoms. The van der Waals surface area contributed by atoms with E-state index in [2.05, 4.69) is 32.0 Å². The van der Waals surface area contributed by atoms with Gasteiger partial charge in [0.1, 0.15) is 36.0 Å². The Morgan fingerprint density at radius 3 is 1.82 bits per heavy atom. The van der Waals surface area contributed by atoms with E-state index in [4.69, 9.17) is 5.73 Å². The lowest BCUT2D eigenvalue weighted by Crippen LogP contribution is -2.64. The van der Waals surface area contributed by atoms with E-state index in [1.165, 1.54) is 31.2 Å². The van der Waals surface area contributed by atoms with Gasteiger partial charge in [-0.2, -0.15) is 0 Å². The van der Waals surface area contributed by atoms with Gasteiger partial charge in [0, 0.05) is 19.3 Å². The first-order valence-electron chi connectivity index (χ1n) is 19.5. The Kier molecular flexibility index (Phi) is 20.8. The molecule has 0 saturated carbocycles. The van der Waals surface area contributed by atoms with E-state index in [0.29, 0.717) is 12.0 Å². The molecule has 0 spiro atoms. The minimum atomic E-state index is -2.12. The minimum absolute atomic E-state index is 0.0199. The maximum atomic E-state index is 14.2. The summed E-state index contributed by atoms with van der Waals surface area (Å²) in [7, 11) is 0. The van der Waals surface area contributed by atoms with E-state index in [9.17, 15) is 63.6 Å². The number of aliphatic hydroxyl groups is 1. The number of carboxylic acids is 2. The van der Waals surface area contributed by atoms with Crippen LogP contribution in [0.25, 0.3) is 0 Å². The second kappa shape index (κ2) is 25.1. The fraction of sp³-hybridized carbons (Fsp3) is 0.475. The number of hydrogen-bond donors (Lipinski definition) is 11. The highest BCUT2D eigenvalue weighted by atomic mass is 16.4. The zero-order valence-electron chi connectivity index (χ0n) is 34.4. The Bertz CT molecular complexity index is 1850. The van der Waals surface area contributed by atoms with Crippen molar-refractivity contribution in [1.82, 2.24) is 37.0 Å². The molecule has 0 aromatic heterocycles. The minimum Gasteiger partial charge on any atom is -0.508 e. The molecular formula is C40H56N8O13. The molecule has 0 aliphatic heterocycles. The Morgan fingerprint density at radius 2 is 1.28 bits per heavy atom. The summed E-state index contributed by atoms with van der Waals surface area (Å²) in [5, 5.41) is 51.8. The van der Waals surface area contributed by atoms with Gasteiger partial charge in [0.15, 0.2) is 6.04 Å². The van der Waals surface area contributed by atoms with Crippen molar-refractivity contribution in [3.8, 4) is 5.75 Å². The van der Waals surface area contributed by atoms with Crippen LogP contribution in [-0.4, -0.2) is 128 Å². The van der Waals surface area contributed by atoms with Crippen LogP contribution in [0.3, 0.4) is 0 Å². The fourth-order valence-corrected chi connectivity index (χ4v) is 5.84. The number of primary amides is 1. The largest absolute Gasteiger partial charge is 0.508 e. The highest BCUT2D eigenvalue weighted by molar-refractivity contribution is 5.96. The van der Waals surface area contributed by atoms with E-state index in [1.807, 2.05) is 6.92 Å². The van der Waals surface area contributed by atoms with E-state index in [0.717, 1.165) is 5.56 Å². The Balaban J connectivity index is 2.31. The third kappa shape index (κ3) is 17.6. The number of nitrogens with two attached hydrogens (primary N) is 1. The van der Waals surface area contributed by atoms with Crippen LogP contribution in [0.4, 0.5) is 0 Å². The zero-order chi connectivity index (χ0) is 45.8. The summed E-state index contributed by atoms with van der Waals surface area (Å²) in [6, 6.07) is 4.78. The number of phenols is 1. The molecule has 2 aromatic carbocycles. The number of carboxylic acid groups (broad SMARTS) is 2. The number of rotatable bonds is 26. The number of aromatic hydroxyl groups is 1. The van der Waals surface area contributed by atoms with E-state index in [-0.39, 0.29) is 41.8 Å². The van der Waals surface area contributed by atoms with Gasteiger partial charge in [0.25, 0.3) is 5.91 Å². The van der Waals surface area contributed by atoms with Gasteiger partial charge in [-0.25, -0.2) is 10.2 Å². The molecule has 0 bridgehead atoms. The number of carbonyl (C=O) groups is 9. The first-order valence-corrected chi connectivity index (χ1v) is 19.5. The number of nitrogens with one attached hydrogen (secondary N) is 6. The number of phenolic OH excluding ortho intramolecular Hbond substituents is 1. The summed E-state index contributed by atoms with van der Waals surface area (Å²) in [4.78, 5) is 116. The molecule has 0 unspecified atom stereocenters. The molecule has 61 heavy (non-hydrogen) atoms. The van der Waals surface area contributed by atoms with Crippen LogP contribution in [0.15, 0.2) is 54.6 Å². The standard InChI is InChI=1S/C40H56N8O13/c1-5-9-33(52)44-28(17-24-10-7-6-8-11-24)36(55)42-20-34(53)43-23(4)35(54)45-27(16-22(2)3)37(56)46-29(18-25-12-14-26(50)15-13-25)38(57)48(47-30(21-49)39(58)59)31(40(60)61)19-32(41)51/h6-8,10-15,22-23,27-31,47,49-50H,5,9,16-21H2,1-4H3,(H2,41,51)(H,42,55)(H,43,53)(H,44,52)(H,45,54)(H,46,56)(H,58,59)(H,60,61)/t23-,27-,28-,29-,30-,31-/m0/s1. The van der Waals surface area contributed by atoms with Crippen molar-refractivity contribution in [1.29, 1.82) is 0 Å². The van der Waals surface area contributed by atoms with Gasteiger partial charge in [-0.1, -0.05) is 63.2 Å². The van der Waals surface area contributed by atoms with Gasteiger partial charge >= 0.3 is 11.9 Å². The van der Waals surface area contributed by atoms with Gasteiger partial charge in [-0.3, -0.25) is 43.4 Å². The molecule has 0 radical (unpaired) electrons. The first-order chi connectivity index (χ1) is 28.7. The molecular weight excluding hydrogens is 800 g/mol. The van der Waals surface area contributed by atoms with Crippen LogP contribution in [-0.2, 0) is 56.0 Å². The number of benzene rings is 2. The van der Waals surface area contributed by atoms with Crippen LogP contribution in [0.1, 0.15) is 64.5 Å². The molecule has 0 saturated heterocycles. The third-order valence-electron chi connectivity index (χ3n) is 8.94. The predicted molar refractivity (Wildman–Crippen MR) is 216 cm³/mol. The molecule has 2 rings (SSSR count). The zero-order valence-corrected chi connectivity index (χ0v) is 34.4. The number of hydrogen-bond acceptors (Lipinski definition) is 12. The number of amides is 7. The Hall–Kier alpha value is -6.61. The number of nitrogens with zero attached hydrogens (tertiary/aromatic N) is 1. The van der Waals surface area contributed by atoms with Crippen LogP contribution in [0.5, 0.6) is 5.75 Å². The number of aliphatic hydroxyl groups excluding tert-OH is 1. The topological polar surface area (TPSA) is 336 Å². The smallest absolute Gasteiger partial charge is 0.328 e. The first kappa shape index (κ1) is 50.5. The molecule has 0 aliphatic rings. The monoisotopic (exact) mass is 856 g/mol. The van der Waals surface area contributed by atoms with Gasteiger partial charge in [0.05, 0.1) is 19.6 Å². The number of carbonyl (C=O) groups excluding carboxylic acids is 7. The molecule has 21 nitrogen and oxygen atoms in total. The SMILES string of the molecule is CCCC(=O)N[C@@H](Cc1ccccc1)C(=O)NCC(=O)N[C@@H](C)C(=O)N[C@@H](CC(C)C)C(=O)N[C@@H](Cc1ccc(O)cc1)C(=O)N(N[C@@H](CO)C(=O)O)[C@@H](CC(N)=O)C(=O)O. The van der Waals surface area contributed by atoms with Crippen molar-refractivity contribution in [3.63, 3.8) is 0 Å². The van der Waals surface area contributed by atoms with Crippen molar-refractivity contribution in [3.05, 3.63) is 65.7 Å². The van der Waals surface area contributed by atoms with E-state index in [1.54, 1.807) is 44.2 Å². The van der Waals surface area contributed by atoms with Crippen molar-refractivity contribution in [2.75, 3.05) is 13.2 Å². The van der Waals surface area contributed by atoms with Gasteiger partial charge in [0.2, 0.25) is 35.4 Å². The Labute approximate surface area is 352 Å². The van der Waals surface area contributed by atoms with Crippen molar-refractivity contribution in [2.24, 2.45) is 11.7 Å². The molecule has 2 aromatic rings. The summed E-state index contributed by atoms with van der Waals surface area (Å²) >= 11 is 0. The van der Waals surface area contributed by atoms with Crippen molar-refractivity contribution < 1.29 is 63.6 Å². The normalized spacial score (nSPS) is 13.9. The molecule has 334 valence electrons. The average Bonchev–Trinajstić information content (AvgIpc) is 3.19. The molecule has 0 aliphatic carbocycles. The Morgan fingerprint density at radius 1 is 0.689 bits per heavy atom. The van der Waals surface area contributed by atoms with Crippen LogP contribution < -0.4 is 37.7 Å². The van der Waals surface area contributed by atoms with Crippen LogP contribution in [0.2, 0.25) is 0 Å². The summed E-state index contributed by atoms with van der Waals surface area (Å²) < 4.78 is 0. The van der Waals surface area contributed by atoms with Gasteiger partial charge in [-0.05, 0) is 48.9 Å². The quantitative estimate of drug-likeness (QED) is 0.0466. The van der Waals surface area contributed by atoms with Crippen molar-refractivity contribution >= 4 is 53.3 Å². The second-order valence-corrected chi connectivity index (χ2v) is 14.6.